The van der Waals surface area contributed by atoms with Crippen LogP contribution < -0.4 is 10.1 Å². The van der Waals surface area contributed by atoms with Crippen molar-refractivity contribution in [2.24, 2.45) is 0 Å². The van der Waals surface area contributed by atoms with Gasteiger partial charge in [0.1, 0.15) is 17.4 Å². The van der Waals surface area contributed by atoms with Crippen molar-refractivity contribution in [3.05, 3.63) is 59.9 Å². The second-order valence-electron chi connectivity index (χ2n) is 10.8. The zero-order valence-corrected chi connectivity index (χ0v) is 24.2. The van der Waals surface area contributed by atoms with Crippen molar-refractivity contribution in [3.8, 4) is 16.9 Å². The second-order valence-corrected chi connectivity index (χ2v) is 11.9. The Morgan fingerprint density at radius 1 is 1.15 bits per heavy atom. The van der Waals surface area contributed by atoms with E-state index < -0.39 is 17.7 Å². The number of benzene rings is 2. The van der Waals surface area contributed by atoms with Gasteiger partial charge in [0.2, 0.25) is 5.91 Å². The Morgan fingerprint density at radius 3 is 2.62 bits per heavy atom. The number of thioether (sulfide) groups is 1. The predicted molar refractivity (Wildman–Crippen MR) is 154 cm³/mol. The Bertz CT molecular complexity index is 1300. The quantitative estimate of drug-likeness (QED) is 0.379. The molecule has 2 amide bonds. The highest BCUT2D eigenvalue weighted by atomic mass is 32.2. The van der Waals surface area contributed by atoms with Gasteiger partial charge in [-0.15, -0.1) is 11.8 Å². The summed E-state index contributed by atoms with van der Waals surface area (Å²) in [7, 11) is 5.68. The molecular formula is C29H37N5O4S. The molecule has 1 aromatic heterocycles. The van der Waals surface area contributed by atoms with Gasteiger partial charge in [-0.25, -0.2) is 4.79 Å². The smallest absolute Gasteiger partial charge is 0.411 e. The van der Waals surface area contributed by atoms with Crippen LogP contribution in [0.3, 0.4) is 0 Å². The number of fused-ring (bicyclic) bond motifs is 1. The molecule has 10 heteroatoms. The zero-order chi connectivity index (χ0) is 28.2. The number of rotatable bonds is 8. The minimum absolute atomic E-state index is 0.264. The van der Waals surface area contributed by atoms with Crippen LogP contribution in [0.5, 0.6) is 5.75 Å². The van der Waals surface area contributed by atoms with E-state index in [1.165, 1.54) is 4.90 Å². The minimum atomic E-state index is -0.743. The van der Waals surface area contributed by atoms with E-state index in [2.05, 4.69) is 26.5 Å². The molecule has 4 rings (SSSR count). The van der Waals surface area contributed by atoms with Gasteiger partial charge in [-0.05, 0) is 75.8 Å². The van der Waals surface area contributed by atoms with E-state index in [9.17, 15) is 9.59 Å². The number of nitrogens with one attached hydrogen (secondary N) is 2. The Hall–Kier alpha value is -3.50. The molecule has 0 unspecified atom stereocenters. The normalized spacial score (nSPS) is 15.2. The summed E-state index contributed by atoms with van der Waals surface area (Å²) in [4.78, 5) is 31.7. The number of anilines is 1. The molecule has 9 nitrogen and oxygen atoms in total. The summed E-state index contributed by atoms with van der Waals surface area (Å²) in [6.07, 6.45) is 3.45. The lowest BCUT2D eigenvalue weighted by molar-refractivity contribution is -0.121. The molecule has 1 aliphatic rings. The highest BCUT2D eigenvalue weighted by Gasteiger charge is 2.37. The lowest BCUT2D eigenvalue weighted by atomic mass is 9.93. The van der Waals surface area contributed by atoms with Crippen molar-refractivity contribution in [1.29, 1.82) is 0 Å². The van der Waals surface area contributed by atoms with Crippen LogP contribution in [-0.4, -0.2) is 77.1 Å². The Kier molecular flexibility index (Phi) is 8.87. The van der Waals surface area contributed by atoms with E-state index in [0.717, 1.165) is 39.4 Å². The summed E-state index contributed by atoms with van der Waals surface area (Å²) in [5.41, 5.74) is 3.94. The fourth-order valence-electron chi connectivity index (χ4n) is 4.32. The fourth-order valence-corrected chi connectivity index (χ4v) is 5.48. The van der Waals surface area contributed by atoms with Crippen LogP contribution in [0.2, 0.25) is 0 Å². The second kappa shape index (κ2) is 12.1. The summed E-state index contributed by atoms with van der Waals surface area (Å²) in [6, 6.07) is 10.9. The maximum atomic E-state index is 13.8. The third-order valence-electron chi connectivity index (χ3n) is 6.34. The molecule has 1 aliphatic heterocycles. The number of carbonyl (C=O) groups is 2. The molecule has 0 aliphatic carbocycles. The first-order valence-corrected chi connectivity index (χ1v) is 13.9. The number of hydrogen-bond donors (Lipinski definition) is 2. The maximum absolute atomic E-state index is 13.8. The average Bonchev–Trinajstić information content (AvgIpc) is 3.42. The highest BCUT2D eigenvalue weighted by molar-refractivity contribution is 7.99. The molecule has 39 heavy (non-hydrogen) atoms. The number of ether oxygens (including phenoxy) is 2. The first-order valence-electron chi connectivity index (χ1n) is 12.9. The number of amides is 2. The molecule has 3 aromatic rings. The Labute approximate surface area is 234 Å². The Morgan fingerprint density at radius 2 is 1.95 bits per heavy atom. The number of H-pyrrole nitrogens is 1. The van der Waals surface area contributed by atoms with Gasteiger partial charge in [0.05, 0.1) is 25.5 Å². The Balaban J connectivity index is 1.63. The molecular weight excluding hydrogens is 514 g/mol. The molecule has 0 bridgehead atoms. The molecule has 0 radical (unpaired) electrons. The van der Waals surface area contributed by atoms with Crippen LogP contribution in [0, 0.1) is 0 Å². The molecule has 0 saturated heterocycles. The van der Waals surface area contributed by atoms with Crippen LogP contribution in [0.25, 0.3) is 11.1 Å². The number of methoxy groups -OCH3 is 1. The first kappa shape index (κ1) is 28.5. The summed E-state index contributed by atoms with van der Waals surface area (Å²) >= 11 is 1.68. The van der Waals surface area contributed by atoms with Crippen molar-refractivity contribution in [2.45, 2.75) is 50.3 Å². The molecule has 2 N–H and O–H groups in total. The van der Waals surface area contributed by atoms with E-state index >= 15 is 0 Å². The predicted octanol–water partition coefficient (Wildman–Crippen LogP) is 5.04. The van der Waals surface area contributed by atoms with Crippen molar-refractivity contribution >= 4 is 29.4 Å². The molecule has 1 atom stereocenters. The fraction of sp³-hybridized carbons (Fsp3) is 0.414. The third-order valence-corrected chi connectivity index (χ3v) is 7.38. The van der Waals surface area contributed by atoms with Gasteiger partial charge < -0.3 is 19.7 Å². The number of aromatic nitrogens is 2. The van der Waals surface area contributed by atoms with Crippen LogP contribution in [0.1, 0.15) is 31.9 Å². The molecule has 208 valence electrons. The number of aromatic amines is 1. The SMILES string of the molecule is COc1ccc2c(c1)C[C@H](C(=O)Nc1ccc(-c3cn[nH]c3)cc1SCCN(C)C)N(C(=O)OC(C)(C)C)C2. The average molecular weight is 552 g/mol. The third kappa shape index (κ3) is 7.33. The van der Waals surface area contributed by atoms with Crippen molar-refractivity contribution in [2.75, 3.05) is 38.8 Å². The van der Waals surface area contributed by atoms with Crippen LogP contribution >= 0.6 is 11.8 Å². The van der Waals surface area contributed by atoms with Crippen LogP contribution in [0.4, 0.5) is 10.5 Å². The molecule has 0 saturated carbocycles. The zero-order valence-electron chi connectivity index (χ0n) is 23.4. The lowest BCUT2D eigenvalue weighted by Gasteiger charge is -2.37. The van der Waals surface area contributed by atoms with Gasteiger partial charge in [0.25, 0.3) is 0 Å². The van der Waals surface area contributed by atoms with Gasteiger partial charge in [0.15, 0.2) is 0 Å². The standard InChI is InChI=1S/C29H37N5O4S/c1-29(2,3)38-28(36)34-18-20-7-9-23(37-6)13-21(20)14-25(34)27(35)32-24-10-8-19(22-16-30-31-17-22)15-26(24)39-12-11-33(4)5/h7-10,13,15-17,25H,11-12,14,18H2,1-6H3,(H,30,31)(H,32,35)/t25-/m1/s1. The van der Waals surface area contributed by atoms with E-state index in [1.54, 1.807) is 25.1 Å². The van der Waals surface area contributed by atoms with E-state index in [0.29, 0.717) is 17.9 Å². The molecule has 2 aromatic carbocycles. The van der Waals surface area contributed by atoms with Gasteiger partial charge in [-0.3, -0.25) is 14.8 Å². The number of nitrogens with zero attached hydrogens (tertiary/aromatic N) is 3. The lowest BCUT2D eigenvalue weighted by Crippen LogP contribution is -2.52. The summed E-state index contributed by atoms with van der Waals surface area (Å²) in [5, 5.41) is 10.0. The maximum Gasteiger partial charge on any atom is 0.411 e. The summed E-state index contributed by atoms with van der Waals surface area (Å²) in [5.74, 6) is 1.30. The summed E-state index contributed by atoms with van der Waals surface area (Å²) in [6.45, 7) is 6.63. The van der Waals surface area contributed by atoms with Gasteiger partial charge in [-0.2, -0.15) is 5.10 Å². The van der Waals surface area contributed by atoms with Crippen molar-refractivity contribution in [1.82, 2.24) is 20.0 Å². The monoisotopic (exact) mass is 551 g/mol. The number of hydrogen-bond acceptors (Lipinski definition) is 7. The van der Waals surface area contributed by atoms with E-state index in [-0.39, 0.29) is 12.5 Å². The summed E-state index contributed by atoms with van der Waals surface area (Å²) < 4.78 is 11.1. The first-order chi connectivity index (χ1) is 18.5. The van der Waals surface area contributed by atoms with Crippen LogP contribution in [0.15, 0.2) is 53.7 Å². The minimum Gasteiger partial charge on any atom is -0.497 e. The molecule has 2 heterocycles. The van der Waals surface area contributed by atoms with E-state index in [4.69, 9.17) is 9.47 Å². The van der Waals surface area contributed by atoms with Crippen molar-refractivity contribution in [3.63, 3.8) is 0 Å². The van der Waals surface area contributed by atoms with Crippen LogP contribution in [-0.2, 0) is 22.5 Å². The topological polar surface area (TPSA) is 99.8 Å². The van der Waals surface area contributed by atoms with E-state index in [1.807, 2.05) is 71.4 Å². The number of carbonyl (C=O) groups excluding carboxylic acids is 2. The van der Waals surface area contributed by atoms with Gasteiger partial charge >= 0.3 is 6.09 Å². The largest absolute Gasteiger partial charge is 0.497 e. The molecule has 0 fully saturated rings. The van der Waals surface area contributed by atoms with Gasteiger partial charge in [0, 0.05) is 35.4 Å². The highest BCUT2D eigenvalue weighted by Crippen LogP contribution is 2.34. The molecule has 0 spiro atoms. The van der Waals surface area contributed by atoms with Crippen molar-refractivity contribution < 1.29 is 19.1 Å². The van der Waals surface area contributed by atoms with Gasteiger partial charge in [-0.1, -0.05) is 12.1 Å².